The number of amides is 1. The van der Waals surface area contributed by atoms with Gasteiger partial charge in [-0.15, -0.1) is 6.58 Å². The molecule has 1 aromatic carbocycles. The van der Waals surface area contributed by atoms with Gasteiger partial charge in [0.2, 0.25) is 5.91 Å². The van der Waals surface area contributed by atoms with Crippen LogP contribution in [0.25, 0.3) is 0 Å². The number of piperidine rings is 1. The number of esters is 1. The van der Waals surface area contributed by atoms with Crippen molar-refractivity contribution in [2.45, 2.75) is 24.3 Å². The summed E-state index contributed by atoms with van der Waals surface area (Å²) >= 11 is 0. The first-order valence-electron chi connectivity index (χ1n) is 9.65. The Bertz CT molecular complexity index is 849. The molecule has 0 saturated carbocycles. The molecule has 1 spiro atoms. The van der Waals surface area contributed by atoms with Crippen molar-refractivity contribution >= 4 is 17.6 Å². The van der Waals surface area contributed by atoms with Crippen molar-refractivity contribution in [3.8, 4) is 0 Å². The van der Waals surface area contributed by atoms with Crippen molar-refractivity contribution in [1.29, 1.82) is 0 Å². The number of methoxy groups -OCH3 is 2. The predicted molar refractivity (Wildman–Crippen MR) is 106 cm³/mol. The van der Waals surface area contributed by atoms with Crippen molar-refractivity contribution in [3.63, 3.8) is 0 Å². The zero-order valence-electron chi connectivity index (χ0n) is 16.3. The summed E-state index contributed by atoms with van der Waals surface area (Å²) in [7, 11) is 2.90. The highest BCUT2D eigenvalue weighted by molar-refractivity contribution is 6.07. The lowest BCUT2D eigenvalue weighted by Crippen LogP contribution is -2.53. The molecule has 6 nitrogen and oxygen atoms in total. The molecule has 6 heteroatoms. The van der Waals surface area contributed by atoms with E-state index >= 15 is 0 Å². The van der Waals surface area contributed by atoms with E-state index in [4.69, 9.17) is 9.47 Å². The number of ether oxygens (including phenoxy) is 2. The van der Waals surface area contributed by atoms with Gasteiger partial charge in [0, 0.05) is 24.2 Å². The van der Waals surface area contributed by atoms with Crippen molar-refractivity contribution < 1.29 is 19.1 Å². The molecule has 4 rings (SSSR count). The van der Waals surface area contributed by atoms with Crippen molar-refractivity contribution in [1.82, 2.24) is 4.90 Å². The smallest absolute Gasteiger partial charge is 0.337 e. The van der Waals surface area contributed by atoms with Crippen LogP contribution < -0.4 is 5.32 Å². The van der Waals surface area contributed by atoms with Gasteiger partial charge in [-0.1, -0.05) is 24.3 Å². The molecule has 4 atom stereocenters. The van der Waals surface area contributed by atoms with Crippen LogP contribution in [0.1, 0.15) is 18.4 Å². The van der Waals surface area contributed by atoms with Crippen LogP contribution in [0.15, 0.2) is 48.8 Å². The lowest BCUT2D eigenvalue weighted by Gasteiger charge is -2.44. The maximum Gasteiger partial charge on any atom is 0.337 e. The van der Waals surface area contributed by atoms with Crippen LogP contribution in [0.4, 0.5) is 5.69 Å². The Labute approximate surface area is 165 Å². The number of fused-ring (bicyclic) bond motifs is 4. The van der Waals surface area contributed by atoms with E-state index in [0.717, 1.165) is 30.8 Å². The number of rotatable bonds is 4. The van der Waals surface area contributed by atoms with E-state index in [-0.39, 0.29) is 23.8 Å². The van der Waals surface area contributed by atoms with Crippen molar-refractivity contribution in [2.75, 3.05) is 32.6 Å². The largest absolute Gasteiger partial charge is 0.504 e. The third-order valence-electron chi connectivity index (χ3n) is 6.67. The molecule has 0 aliphatic carbocycles. The molecule has 148 valence electrons. The summed E-state index contributed by atoms with van der Waals surface area (Å²) in [5.41, 5.74) is 1.90. The Morgan fingerprint density at radius 2 is 2.14 bits per heavy atom. The normalized spacial score (nSPS) is 31.9. The van der Waals surface area contributed by atoms with Crippen LogP contribution in [-0.2, 0) is 24.5 Å². The van der Waals surface area contributed by atoms with Gasteiger partial charge in [-0.05, 0) is 36.9 Å². The molecule has 28 heavy (non-hydrogen) atoms. The topological polar surface area (TPSA) is 67.9 Å². The average molecular weight is 382 g/mol. The Morgan fingerprint density at radius 1 is 1.36 bits per heavy atom. The van der Waals surface area contributed by atoms with Crippen LogP contribution in [0.2, 0.25) is 0 Å². The summed E-state index contributed by atoms with van der Waals surface area (Å²) in [6.07, 6.45) is 4.83. The Balaban J connectivity index is 1.75. The van der Waals surface area contributed by atoms with E-state index in [0.29, 0.717) is 12.0 Å². The monoisotopic (exact) mass is 382 g/mol. The van der Waals surface area contributed by atoms with Gasteiger partial charge in [0.1, 0.15) is 0 Å². The van der Waals surface area contributed by atoms with Gasteiger partial charge >= 0.3 is 5.97 Å². The van der Waals surface area contributed by atoms with Gasteiger partial charge in [-0.2, -0.15) is 0 Å². The molecule has 0 bridgehead atoms. The molecule has 2 fully saturated rings. The molecule has 1 aromatic rings. The molecule has 0 radical (unpaired) electrons. The SMILES string of the molecule is C=C[C@H]1CN2CC[C@@]3(C(=O)Nc4ccccc43)[C@@H]2C[C@H]1/C(=C\OC)C(=O)OC. The van der Waals surface area contributed by atoms with Gasteiger partial charge in [0.25, 0.3) is 0 Å². The molecule has 3 aliphatic heterocycles. The first kappa shape index (κ1) is 18.7. The molecule has 0 unspecified atom stereocenters. The molecule has 2 saturated heterocycles. The minimum atomic E-state index is -0.574. The summed E-state index contributed by atoms with van der Waals surface area (Å²) in [6, 6.07) is 7.96. The average Bonchev–Trinajstić information content (AvgIpc) is 3.23. The quantitative estimate of drug-likeness (QED) is 0.375. The minimum Gasteiger partial charge on any atom is -0.504 e. The summed E-state index contributed by atoms with van der Waals surface area (Å²) in [4.78, 5) is 28.0. The molecule has 1 N–H and O–H groups in total. The zero-order valence-corrected chi connectivity index (χ0v) is 16.3. The van der Waals surface area contributed by atoms with Crippen LogP contribution in [0.3, 0.4) is 0 Å². The molecular weight excluding hydrogens is 356 g/mol. The second-order valence-electron chi connectivity index (χ2n) is 7.77. The number of anilines is 1. The fraction of sp³-hybridized carbons (Fsp3) is 0.455. The fourth-order valence-electron chi connectivity index (χ4n) is 5.38. The predicted octanol–water partition coefficient (Wildman–Crippen LogP) is 2.48. The minimum absolute atomic E-state index is 0.0160. The van der Waals surface area contributed by atoms with E-state index in [1.807, 2.05) is 24.3 Å². The first-order valence-corrected chi connectivity index (χ1v) is 9.65. The van der Waals surface area contributed by atoms with Crippen LogP contribution in [-0.4, -0.2) is 50.1 Å². The molecule has 0 aromatic heterocycles. The zero-order chi connectivity index (χ0) is 19.9. The molecule has 3 heterocycles. The third-order valence-corrected chi connectivity index (χ3v) is 6.67. The number of para-hydroxylation sites is 1. The van der Waals surface area contributed by atoms with Crippen LogP contribution >= 0.6 is 0 Å². The van der Waals surface area contributed by atoms with E-state index in [1.54, 1.807) is 0 Å². The highest BCUT2D eigenvalue weighted by atomic mass is 16.5. The number of benzene rings is 1. The second-order valence-corrected chi connectivity index (χ2v) is 7.77. The number of nitrogens with one attached hydrogen (secondary N) is 1. The summed E-state index contributed by atoms with van der Waals surface area (Å²) in [5.74, 6) is -0.351. The third kappa shape index (κ3) is 2.58. The summed E-state index contributed by atoms with van der Waals surface area (Å²) in [6.45, 7) is 5.60. The van der Waals surface area contributed by atoms with Crippen molar-refractivity contribution in [3.05, 3.63) is 54.3 Å². The van der Waals surface area contributed by atoms with Crippen LogP contribution in [0.5, 0.6) is 0 Å². The Morgan fingerprint density at radius 3 is 2.86 bits per heavy atom. The van der Waals surface area contributed by atoms with Gasteiger partial charge in [-0.3, -0.25) is 9.69 Å². The molecule has 1 amide bonds. The van der Waals surface area contributed by atoms with Crippen molar-refractivity contribution in [2.24, 2.45) is 11.8 Å². The lowest BCUT2D eigenvalue weighted by molar-refractivity contribution is -0.137. The standard InChI is InChI=1S/C22H26N2O4/c1-4-14-12-24-10-9-22(17-7-5-6-8-18(17)23-21(22)26)19(24)11-15(14)16(13-27-2)20(25)28-3/h4-8,13-15,19H,1,9-12H2,2-3H3,(H,23,26)/b16-13+/t14-,15+,19-,22-/m0/s1. The number of carbonyl (C=O) groups is 2. The Kier molecular flexibility index (Phi) is 4.75. The fourth-order valence-corrected chi connectivity index (χ4v) is 5.38. The van der Waals surface area contributed by atoms with Crippen LogP contribution in [0, 0.1) is 11.8 Å². The maximum atomic E-state index is 13.2. The van der Waals surface area contributed by atoms with Gasteiger partial charge < -0.3 is 14.8 Å². The van der Waals surface area contributed by atoms with Gasteiger partial charge in [-0.25, -0.2) is 4.79 Å². The number of nitrogens with zero attached hydrogens (tertiary/aromatic N) is 1. The summed E-state index contributed by atoms with van der Waals surface area (Å²) < 4.78 is 10.2. The van der Waals surface area contributed by atoms with Gasteiger partial charge in [0.05, 0.1) is 31.5 Å². The molecular formula is C22H26N2O4. The number of carbonyl (C=O) groups excluding carboxylic acids is 2. The van der Waals surface area contributed by atoms with E-state index in [2.05, 4.69) is 22.9 Å². The Hall–Kier alpha value is -2.60. The van der Waals surface area contributed by atoms with E-state index in [9.17, 15) is 9.59 Å². The lowest BCUT2D eigenvalue weighted by atomic mass is 9.68. The van der Waals surface area contributed by atoms with E-state index < -0.39 is 11.4 Å². The first-order chi connectivity index (χ1) is 13.6. The number of hydrogen-bond acceptors (Lipinski definition) is 5. The maximum absolute atomic E-state index is 13.2. The summed E-state index contributed by atoms with van der Waals surface area (Å²) in [5, 5.41) is 3.07. The van der Waals surface area contributed by atoms with E-state index in [1.165, 1.54) is 20.5 Å². The highest BCUT2D eigenvalue weighted by Gasteiger charge is 2.60. The van der Waals surface area contributed by atoms with Gasteiger partial charge in [0.15, 0.2) is 0 Å². The second kappa shape index (κ2) is 7.09. The number of hydrogen-bond donors (Lipinski definition) is 1. The molecule has 3 aliphatic rings. The highest BCUT2D eigenvalue weighted by Crippen LogP contribution is 2.52.